The van der Waals surface area contributed by atoms with Crippen LogP contribution in [0.25, 0.3) is 10.9 Å². The van der Waals surface area contributed by atoms with Crippen LogP contribution >= 0.6 is 11.6 Å². The summed E-state index contributed by atoms with van der Waals surface area (Å²) in [6, 6.07) is 18.5. The lowest BCUT2D eigenvalue weighted by Crippen LogP contribution is -2.03. The number of ether oxygens (including phenoxy) is 1. The molecule has 4 nitrogen and oxygen atoms in total. The molecule has 4 aromatic rings. The lowest BCUT2D eigenvalue weighted by atomic mass is 10.1. The van der Waals surface area contributed by atoms with E-state index < -0.39 is 5.97 Å². The van der Waals surface area contributed by atoms with Crippen LogP contribution in [0.15, 0.2) is 72.9 Å². The summed E-state index contributed by atoms with van der Waals surface area (Å²) >= 11 is 6.19. The van der Waals surface area contributed by atoms with Gasteiger partial charge in [0.05, 0.1) is 12.1 Å². The molecular formula is C23H17ClFNO3. The van der Waals surface area contributed by atoms with Crippen LogP contribution in [-0.2, 0) is 13.2 Å². The number of hydrogen-bond acceptors (Lipinski definition) is 2. The SMILES string of the molecule is O=C(O)c1ccc2c(ccn2Cc2cc(Cl)ccc2OCc2ccc(F)cc2)c1. The Balaban J connectivity index is 1.60. The third-order valence-corrected chi connectivity index (χ3v) is 4.92. The molecule has 0 saturated carbocycles. The molecule has 4 rings (SSSR count). The molecule has 0 unspecified atom stereocenters. The van der Waals surface area contributed by atoms with Crippen molar-refractivity contribution < 1.29 is 19.0 Å². The van der Waals surface area contributed by atoms with Crippen LogP contribution in [0.4, 0.5) is 4.39 Å². The molecule has 0 aliphatic heterocycles. The summed E-state index contributed by atoms with van der Waals surface area (Å²) in [6.07, 6.45) is 1.90. The molecule has 0 aliphatic carbocycles. The van der Waals surface area contributed by atoms with Gasteiger partial charge in [0.2, 0.25) is 0 Å². The molecule has 0 spiro atoms. The molecule has 1 heterocycles. The molecule has 3 aromatic carbocycles. The van der Waals surface area contributed by atoms with Crippen LogP contribution in [0.2, 0.25) is 5.02 Å². The lowest BCUT2D eigenvalue weighted by Gasteiger charge is -2.14. The summed E-state index contributed by atoms with van der Waals surface area (Å²) in [5, 5.41) is 10.6. The van der Waals surface area contributed by atoms with Gasteiger partial charge >= 0.3 is 5.97 Å². The van der Waals surface area contributed by atoms with Crippen LogP contribution in [-0.4, -0.2) is 15.6 Å². The minimum atomic E-state index is -0.953. The van der Waals surface area contributed by atoms with Gasteiger partial charge in [0.15, 0.2) is 0 Å². The maximum Gasteiger partial charge on any atom is 0.335 e. The number of carboxylic acids is 1. The third-order valence-electron chi connectivity index (χ3n) is 4.69. The van der Waals surface area contributed by atoms with Crippen molar-refractivity contribution in [3.05, 3.63) is 100 Å². The summed E-state index contributed by atoms with van der Waals surface area (Å²) in [5.74, 6) is -0.555. The molecule has 6 heteroatoms. The number of carboxylic acid groups (broad SMARTS) is 1. The second-order valence-corrected chi connectivity index (χ2v) is 7.13. The number of carbonyl (C=O) groups is 1. The molecule has 0 aliphatic rings. The minimum Gasteiger partial charge on any atom is -0.489 e. The standard InChI is InChI=1S/C23H17ClFNO3/c24-19-4-8-22(29-14-15-1-5-20(25)6-2-15)18(12-19)13-26-10-9-16-11-17(23(27)28)3-7-21(16)26/h1-12H,13-14H2,(H,27,28). The van der Waals surface area contributed by atoms with Crippen LogP contribution in [0, 0.1) is 5.82 Å². The molecule has 0 saturated heterocycles. The largest absolute Gasteiger partial charge is 0.489 e. The summed E-state index contributed by atoms with van der Waals surface area (Å²) in [6.45, 7) is 0.818. The average molecular weight is 410 g/mol. The van der Waals surface area contributed by atoms with Crippen molar-refractivity contribution in [1.82, 2.24) is 4.57 Å². The minimum absolute atomic E-state index is 0.251. The fourth-order valence-corrected chi connectivity index (χ4v) is 3.40. The van der Waals surface area contributed by atoms with Crippen molar-refractivity contribution in [2.45, 2.75) is 13.2 Å². The van der Waals surface area contributed by atoms with Crippen molar-refractivity contribution >= 4 is 28.5 Å². The Labute approximate surface area is 171 Å². The molecule has 0 atom stereocenters. The highest BCUT2D eigenvalue weighted by Gasteiger charge is 2.10. The Bertz CT molecular complexity index is 1180. The number of rotatable bonds is 6. The summed E-state index contributed by atoms with van der Waals surface area (Å²) in [5.41, 5.74) is 2.92. The van der Waals surface area contributed by atoms with E-state index in [1.165, 1.54) is 12.1 Å². The van der Waals surface area contributed by atoms with Crippen LogP contribution in [0.1, 0.15) is 21.5 Å². The molecule has 0 radical (unpaired) electrons. The fraction of sp³-hybridized carbons (Fsp3) is 0.0870. The Hall–Kier alpha value is -3.31. The van der Waals surface area contributed by atoms with Gasteiger partial charge in [-0.3, -0.25) is 0 Å². The summed E-state index contributed by atoms with van der Waals surface area (Å²) in [4.78, 5) is 11.2. The van der Waals surface area contributed by atoms with E-state index in [-0.39, 0.29) is 11.4 Å². The van der Waals surface area contributed by atoms with Gasteiger partial charge in [0, 0.05) is 27.7 Å². The lowest BCUT2D eigenvalue weighted by molar-refractivity contribution is 0.0697. The Morgan fingerprint density at radius 2 is 1.83 bits per heavy atom. The van der Waals surface area contributed by atoms with E-state index in [4.69, 9.17) is 21.4 Å². The van der Waals surface area contributed by atoms with Crippen molar-refractivity contribution in [2.75, 3.05) is 0 Å². The molecule has 0 bridgehead atoms. The van der Waals surface area contributed by atoms with Gasteiger partial charge in [0.1, 0.15) is 18.2 Å². The summed E-state index contributed by atoms with van der Waals surface area (Å²) in [7, 11) is 0. The number of nitrogens with zero attached hydrogens (tertiary/aromatic N) is 1. The molecule has 1 N–H and O–H groups in total. The number of halogens is 2. The second kappa shape index (κ2) is 7.97. The Morgan fingerprint density at radius 1 is 1.03 bits per heavy atom. The van der Waals surface area contributed by atoms with Gasteiger partial charge in [-0.2, -0.15) is 0 Å². The average Bonchev–Trinajstić information content (AvgIpc) is 3.11. The first-order valence-corrected chi connectivity index (χ1v) is 9.35. The normalized spacial score (nSPS) is 11.0. The van der Waals surface area contributed by atoms with Gasteiger partial charge in [0.25, 0.3) is 0 Å². The van der Waals surface area contributed by atoms with E-state index in [0.29, 0.717) is 23.9 Å². The first-order valence-electron chi connectivity index (χ1n) is 8.97. The zero-order valence-corrected chi connectivity index (χ0v) is 16.1. The summed E-state index contributed by atoms with van der Waals surface area (Å²) < 4.78 is 21.0. The van der Waals surface area contributed by atoms with E-state index in [9.17, 15) is 9.18 Å². The van der Waals surface area contributed by atoms with E-state index >= 15 is 0 Å². The van der Waals surface area contributed by atoms with Crippen LogP contribution in [0.5, 0.6) is 5.75 Å². The molecule has 0 fully saturated rings. The topological polar surface area (TPSA) is 51.5 Å². The Kier molecular flexibility index (Phi) is 5.23. The molecule has 29 heavy (non-hydrogen) atoms. The smallest absolute Gasteiger partial charge is 0.335 e. The van der Waals surface area contributed by atoms with Gasteiger partial charge in [-0.1, -0.05) is 23.7 Å². The highest BCUT2D eigenvalue weighted by atomic mass is 35.5. The third kappa shape index (κ3) is 4.25. The monoisotopic (exact) mass is 409 g/mol. The predicted octanol–water partition coefficient (Wildman–Crippen LogP) is 5.76. The fourth-order valence-electron chi connectivity index (χ4n) is 3.21. The van der Waals surface area contributed by atoms with Crippen LogP contribution in [0.3, 0.4) is 0 Å². The maximum absolute atomic E-state index is 13.1. The van der Waals surface area contributed by atoms with Gasteiger partial charge in [-0.25, -0.2) is 9.18 Å². The number of aromatic carboxylic acids is 1. The highest BCUT2D eigenvalue weighted by Crippen LogP contribution is 2.27. The van der Waals surface area contributed by atoms with E-state index in [1.807, 2.05) is 29.0 Å². The van der Waals surface area contributed by atoms with E-state index in [1.54, 1.807) is 36.4 Å². The molecule has 1 aromatic heterocycles. The van der Waals surface area contributed by atoms with E-state index in [0.717, 1.165) is 22.0 Å². The number of aromatic nitrogens is 1. The van der Waals surface area contributed by atoms with E-state index in [2.05, 4.69) is 0 Å². The van der Waals surface area contributed by atoms with Gasteiger partial charge in [-0.05, 0) is 60.2 Å². The number of benzene rings is 3. The highest BCUT2D eigenvalue weighted by molar-refractivity contribution is 6.30. The predicted molar refractivity (Wildman–Crippen MR) is 110 cm³/mol. The van der Waals surface area contributed by atoms with Crippen molar-refractivity contribution in [3.63, 3.8) is 0 Å². The molecular weight excluding hydrogens is 393 g/mol. The Morgan fingerprint density at radius 3 is 2.59 bits per heavy atom. The first kappa shape index (κ1) is 19.0. The maximum atomic E-state index is 13.1. The molecule has 0 amide bonds. The van der Waals surface area contributed by atoms with Crippen molar-refractivity contribution in [1.29, 1.82) is 0 Å². The molecule has 146 valence electrons. The van der Waals surface area contributed by atoms with Crippen LogP contribution < -0.4 is 4.74 Å². The quantitative estimate of drug-likeness (QED) is 0.440. The van der Waals surface area contributed by atoms with Gasteiger partial charge in [-0.15, -0.1) is 0 Å². The zero-order chi connectivity index (χ0) is 20.4. The van der Waals surface area contributed by atoms with Crippen molar-refractivity contribution in [3.8, 4) is 5.75 Å². The zero-order valence-electron chi connectivity index (χ0n) is 15.3. The van der Waals surface area contributed by atoms with Crippen molar-refractivity contribution in [2.24, 2.45) is 0 Å². The number of fused-ring (bicyclic) bond motifs is 1. The number of hydrogen-bond donors (Lipinski definition) is 1. The van der Waals surface area contributed by atoms with Gasteiger partial charge < -0.3 is 14.4 Å². The second-order valence-electron chi connectivity index (χ2n) is 6.69. The first-order chi connectivity index (χ1) is 14.0.